The van der Waals surface area contributed by atoms with Crippen LogP contribution >= 0.6 is 0 Å². The molecular weight excluding hydrogens is 470 g/mol. The number of alkyl halides is 3. The number of aromatic nitrogens is 2. The summed E-state index contributed by atoms with van der Waals surface area (Å²) in [6.07, 6.45) is -5.57. The lowest BCUT2D eigenvalue weighted by molar-refractivity contribution is -0.138. The first-order valence-corrected chi connectivity index (χ1v) is 10.5. The second-order valence-corrected chi connectivity index (χ2v) is 7.55. The number of para-hydroxylation sites is 1. The molecule has 2 heterocycles. The van der Waals surface area contributed by atoms with E-state index in [-0.39, 0.29) is 30.2 Å². The van der Waals surface area contributed by atoms with Crippen molar-refractivity contribution in [3.05, 3.63) is 77.6 Å². The van der Waals surface area contributed by atoms with Crippen molar-refractivity contribution >= 4 is 23.5 Å². The van der Waals surface area contributed by atoms with Crippen LogP contribution in [-0.4, -0.2) is 53.3 Å². The summed E-state index contributed by atoms with van der Waals surface area (Å²) in [5.74, 6) is -0.978. The lowest BCUT2D eigenvalue weighted by Gasteiger charge is -2.35. The molecule has 2 amide bonds. The first-order chi connectivity index (χ1) is 16.7. The number of halogens is 4. The number of carbonyl (C=O) groups is 2. The molecule has 1 aliphatic heterocycles. The van der Waals surface area contributed by atoms with Crippen LogP contribution in [0, 0.1) is 5.82 Å². The van der Waals surface area contributed by atoms with Gasteiger partial charge in [-0.25, -0.2) is 9.18 Å². The third-order valence-corrected chi connectivity index (χ3v) is 5.29. The molecule has 0 radical (unpaired) electrons. The Morgan fingerprint density at radius 3 is 2.23 bits per heavy atom. The highest BCUT2D eigenvalue weighted by atomic mass is 19.4. The molecule has 4 rings (SSSR count). The van der Waals surface area contributed by atoms with Crippen LogP contribution in [0.4, 0.5) is 33.9 Å². The van der Waals surface area contributed by atoms with E-state index < -0.39 is 29.6 Å². The number of benzene rings is 2. The van der Waals surface area contributed by atoms with E-state index in [1.807, 2.05) is 0 Å². The first-order valence-electron chi connectivity index (χ1n) is 10.5. The zero-order valence-corrected chi connectivity index (χ0v) is 18.1. The SMILES string of the molecule is O=C(Nc1ccccc1F)Oc1ccc(N2CCN(C(=O)c3ccccc3C(F)(F)F)CC2)nn1. The van der Waals surface area contributed by atoms with Crippen LogP contribution in [0.5, 0.6) is 5.88 Å². The number of anilines is 2. The van der Waals surface area contributed by atoms with Gasteiger partial charge in [0.25, 0.3) is 5.91 Å². The van der Waals surface area contributed by atoms with E-state index in [0.29, 0.717) is 18.9 Å². The predicted molar refractivity (Wildman–Crippen MR) is 118 cm³/mol. The Kier molecular flexibility index (Phi) is 6.80. The molecule has 1 N–H and O–H groups in total. The zero-order valence-electron chi connectivity index (χ0n) is 18.1. The Hall–Kier alpha value is -4.22. The van der Waals surface area contributed by atoms with Crippen molar-refractivity contribution in [1.29, 1.82) is 0 Å². The van der Waals surface area contributed by atoms with Crippen LogP contribution in [0.2, 0.25) is 0 Å². The highest BCUT2D eigenvalue weighted by Gasteiger charge is 2.36. The quantitative estimate of drug-likeness (QED) is 0.553. The van der Waals surface area contributed by atoms with Crippen LogP contribution in [0.3, 0.4) is 0 Å². The minimum Gasteiger partial charge on any atom is -0.389 e. The Labute approximate surface area is 197 Å². The second-order valence-electron chi connectivity index (χ2n) is 7.55. The minimum atomic E-state index is -4.63. The fourth-order valence-corrected chi connectivity index (χ4v) is 3.55. The minimum absolute atomic E-state index is 0.0487. The molecule has 12 heteroatoms. The molecule has 1 aromatic heterocycles. The van der Waals surface area contributed by atoms with Gasteiger partial charge in [-0.15, -0.1) is 10.2 Å². The van der Waals surface area contributed by atoms with Gasteiger partial charge in [0.15, 0.2) is 5.82 Å². The van der Waals surface area contributed by atoms with Crippen molar-refractivity contribution in [2.45, 2.75) is 6.18 Å². The van der Waals surface area contributed by atoms with Crippen molar-refractivity contribution in [3.8, 4) is 5.88 Å². The monoisotopic (exact) mass is 489 g/mol. The Bertz CT molecular complexity index is 1210. The normalized spacial score (nSPS) is 13.9. The van der Waals surface area contributed by atoms with Gasteiger partial charge in [-0.2, -0.15) is 13.2 Å². The Morgan fingerprint density at radius 2 is 1.57 bits per heavy atom. The number of hydrogen-bond acceptors (Lipinski definition) is 6. The summed E-state index contributed by atoms with van der Waals surface area (Å²) in [6.45, 7) is 1.02. The van der Waals surface area contributed by atoms with E-state index in [9.17, 15) is 27.2 Å². The van der Waals surface area contributed by atoms with Gasteiger partial charge in [-0.05, 0) is 30.3 Å². The fourth-order valence-electron chi connectivity index (χ4n) is 3.55. The Morgan fingerprint density at radius 1 is 0.886 bits per heavy atom. The van der Waals surface area contributed by atoms with Crippen LogP contribution < -0.4 is 15.0 Å². The van der Waals surface area contributed by atoms with Gasteiger partial charge in [-0.3, -0.25) is 10.1 Å². The molecule has 0 aliphatic carbocycles. The number of carbonyl (C=O) groups excluding carboxylic acids is 2. The zero-order chi connectivity index (χ0) is 25.0. The molecule has 182 valence electrons. The van der Waals surface area contributed by atoms with E-state index in [2.05, 4.69) is 15.5 Å². The summed E-state index contributed by atoms with van der Waals surface area (Å²) in [6, 6.07) is 13.2. The number of nitrogens with zero attached hydrogens (tertiary/aromatic N) is 4. The molecule has 0 saturated carbocycles. The largest absolute Gasteiger partial charge is 0.418 e. The van der Waals surface area contributed by atoms with Crippen molar-refractivity contribution in [2.24, 2.45) is 0 Å². The lowest BCUT2D eigenvalue weighted by Crippen LogP contribution is -2.49. The van der Waals surface area contributed by atoms with E-state index in [1.165, 1.54) is 47.4 Å². The van der Waals surface area contributed by atoms with Gasteiger partial charge in [0.1, 0.15) is 5.82 Å². The molecule has 1 saturated heterocycles. The van der Waals surface area contributed by atoms with Gasteiger partial charge in [0, 0.05) is 32.2 Å². The fraction of sp³-hybridized carbons (Fsp3) is 0.217. The average Bonchev–Trinajstić information content (AvgIpc) is 2.85. The molecule has 0 bridgehead atoms. The van der Waals surface area contributed by atoms with Gasteiger partial charge in [0.2, 0.25) is 5.88 Å². The van der Waals surface area contributed by atoms with Gasteiger partial charge < -0.3 is 14.5 Å². The molecule has 0 unspecified atom stereocenters. The summed E-state index contributed by atoms with van der Waals surface area (Å²) in [7, 11) is 0. The third kappa shape index (κ3) is 5.65. The number of piperazine rings is 1. The van der Waals surface area contributed by atoms with Crippen molar-refractivity contribution in [1.82, 2.24) is 15.1 Å². The van der Waals surface area contributed by atoms with Gasteiger partial charge >= 0.3 is 12.3 Å². The summed E-state index contributed by atoms with van der Waals surface area (Å²) in [4.78, 5) is 27.8. The standard InChI is InChI=1S/C23H19F4N5O3/c24-17-7-3-4-8-18(17)28-22(34)35-20-10-9-19(29-30-20)31-11-13-32(14-12-31)21(33)15-5-1-2-6-16(15)23(25,26)27/h1-10H,11-14H2,(H,28,34). The molecule has 3 aromatic rings. The topological polar surface area (TPSA) is 87.7 Å². The second kappa shape index (κ2) is 9.95. The molecule has 2 aromatic carbocycles. The smallest absolute Gasteiger partial charge is 0.389 e. The van der Waals surface area contributed by atoms with E-state index in [4.69, 9.17) is 4.74 Å². The number of amides is 2. The van der Waals surface area contributed by atoms with E-state index in [1.54, 1.807) is 17.0 Å². The van der Waals surface area contributed by atoms with Gasteiger partial charge in [0.05, 0.1) is 16.8 Å². The number of rotatable bonds is 4. The summed E-state index contributed by atoms with van der Waals surface area (Å²) < 4.78 is 58.4. The van der Waals surface area contributed by atoms with Gasteiger partial charge in [-0.1, -0.05) is 24.3 Å². The summed E-state index contributed by atoms with van der Waals surface area (Å²) >= 11 is 0. The highest BCUT2D eigenvalue weighted by Crippen LogP contribution is 2.32. The summed E-state index contributed by atoms with van der Waals surface area (Å²) in [5.41, 5.74) is -1.40. The highest BCUT2D eigenvalue weighted by molar-refractivity contribution is 5.96. The van der Waals surface area contributed by atoms with E-state index >= 15 is 0 Å². The van der Waals surface area contributed by atoms with Crippen LogP contribution in [0.25, 0.3) is 0 Å². The molecule has 8 nitrogen and oxygen atoms in total. The number of nitrogens with one attached hydrogen (secondary N) is 1. The van der Waals surface area contributed by atoms with Crippen LogP contribution in [-0.2, 0) is 6.18 Å². The maximum Gasteiger partial charge on any atom is 0.418 e. The molecule has 0 spiro atoms. The third-order valence-electron chi connectivity index (χ3n) is 5.29. The summed E-state index contributed by atoms with van der Waals surface area (Å²) in [5, 5.41) is 10.1. The molecule has 1 aliphatic rings. The van der Waals surface area contributed by atoms with Crippen molar-refractivity contribution in [3.63, 3.8) is 0 Å². The number of hydrogen-bond donors (Lipinski definition) is 1. The van der Waals surface area contributed by atoms with E-state index in [0.717, 1.165) is 6.07 Å². The molecular formula is C23H19F4N5O3. The molecule has 0 atom stereocenters. The maximum atomic E-state index is 13.6. The van der Waals surface area contributed by atoms with Crippen LogP contribution in [0.15, 0.2) is 60.7 Å². The number of ether oxygens (including phenoxy) is 1. The van der Waals surface area contributed by atoms with Crippen molar-refractivity contribution < 1.29 is 31.9 Å². The Balaban J connectivity index is 1.33. The average molecular weight is 489 g/mol. The van der Waals surface area contributed by atoms with Crippen LogP contribution in [0.1, 0.15) is 15.9 Å². The lowest BCUT2D eigenvalue weighted by atomic mass is 10.1. The maximum absolute atomic E-state index is 13.6. The molecule has 1 fully saturated rings. The molecule has 35 heavy (non-hydrogen) atoms. The van der Waals surface area contributed by atoms with Crippen molar-refractivity contribution in [2.75, 3.05) is 36.4 Å². The first kappa shape index (κ1) is 23.9. The predicted octanol–water partition coefficient (Wildman–Crippen LogP) is 4.21.